The molecule has 0 saturated carbocycles. The van der Waals surface area contributed by atoms with E-state index in [2.05, 4.69) is 11.6 Å². The number of carbonyl (C=O) groups excluding carboxylic acids is 2. The number of hydrogen-bond acceptors (Lipinski definition) is 5. The molecule has 0 aliphatic carbocycles. The maximum Gasteiger partial charge on any atom is 0.305 e. The Morgan fingerprint density at radius 3 is 2.28 bits per heavy atom. The van der Waals surface area contributed by atoms with Crippen molar-refractivity contribution in [2.75, 3.05) is 11.5 Å². The lowest BCUT2D eigenvalue weighted by Crippen LogP contribution is -2.59. The Bertz CT molecular complexity index is 1250. The molecule has 206 valence electrons. The molecule has 0 radical (unpaired) electrons. The van der Waals surface area contributed by atoms with Gasteiger partial charge in [0, 0.05) is 12.8 Å². The summed E-state index contributed by atoms with van der Waals surface area (Å²) < 4.78 is 10.7. The van der Waals surface area contributed by atoms with Crippen LogP contribution in [0, 0.1) is 5.92 Å². The van der Waals surface area contributed by atoms with Gasteiger partial charge in [-0.1, -0.05) is 113 Å². The van der Waals surface area contributed by atoms with Crippen molar-refractivity contribution >= 4 is 36.1 Å². The summed E-state index contributed by atoms with van der Waals surface area (Å²) in [5.74, 6) is 0.587. The minimum Gasteiger partial charge on any atom is -0.465 e. The molecule has 1 aromatic heterocycles. The lowest BCUT2D eigenvalue weighted by molar-refractivity contribution is -0.141. The highest BCUT2D eigenvalue weighted by atomic mass is 16.5. The highest BCUT2D eigenvalue weighted by molar-refractivity contribution is 6.02. The van der Waals surface area contributed by atoms with Crippen LogP contribution in [0.3, 0.4) is 0 Å². The van der Waals surface area contributed by atoms with E-state index in [-0.39, 0.29) is 29.8 Å². The number of esters is 1. The van der Waals surface area contributed by atoms with Gasteiger partial charge in [0.25, 0.3) is 0 Å². The van der Waals surface area contributed by atoms with Gasteiger partial charge in [-0.15, -0.1) is 0 Å². The molecule has 6 nitrogen and oxygen atoms in total. The number of allylic oxidation sites excluding steroid dienone is 1. The molecule has 1 saturated heterocycles. The minimum atomic E-state index is -0.220. The molecular weight excluding hydrogens is 488 g/mol. The SMILES string of the molecule is C=Cc1nc(N2C(=O)[C@@H](C)[C@H]2/C=C/c2ccccc2)oc1/C=C\C.CC.CC(=O)OC[C@@H](C)c1ccccc1. The molecule has 39 heavy (non-hydrogen) atoms. The van der Waals surface area contributed by atoms with Gasteiger partial charge in [0.15, 0.2) is 5.76 Å². The zero-order valence-electron chi connectivity index (χ0n) is 23.8. The molecular formula is C33H40N2O4. The predicted molar refractivity (Wildman–Crippen MR) is 160 cm³/mol. The molecule has 4 rings (SSSR count). The van der Waals surface area contributed by atoms with E-state index in [1.165, 1.54) is 12.5 Å². The summed E-state index contributed by atoms with van der Waals surface area (Å²) in [6.07, 6.45) is 9.35. The molecule has 1 amide bonds. The van der Waals surface area contributed by atoms with Crippen LogP contribution in [0.5, 0.6) is 0 Å². The molecule has 0 N–H and O–H groups in total. The Hall–Kier alpha value is -4.19. The molecule has 1 aliphatic heterocycles. The summed E-state index contributed by atoms with van der Waals surface area (Å²) in [6.45, 7) is 15.5. The lowest BCUT2D eigenvalue weighted by Gasteiger charge is -2.41. The van der Waals surface area contributed by atoms with Gasteiger partial charge in [0.05, 0.1) is 18.6 Å². The summed E-state index contributed by atoms with van der Waals surface area (Å²) in [7, 11) is 0. The molecule has 2 heterocycles. The average molecular weight is 529 g/mol. The van der Waals surface area contributed by atoms with Crippen molar-refractivity contribution in [1.82, 2.24) is 4.98 Å². The van der Waals surface area contributed by atoms with Crippen molar-refractivity contribution in [1.29, 1.82) is 0 Å². The summed E-state index contributed by atoms with van der Waals surface area (Å²) in [4.78, 5) is 28.9. The van der Waals surface area contributed by atoms with E-state index >= 15 is 0 Å². The largest absolute Gasteiger partial charge is 0.465 e. The van der Waals surface area contributed by atoms with Crippen molar-refractivity contribution < 1.29 is 18.7 Å². The monoisotopic (exact) mass is 528 g/mol. The van der Waals surface area contributed by atoms with Crippen molar-refractivity contribution in [3.05, 3.63) is 102 Å². The summed E-state index contributed by atoms with van der Waals surface area (Å²) in [6, 6.07) is 20.3. The first-order chi connectivity index (χ1) is 18.8. The third kappa shape index (κ3) is 8.67. The van der Waals surface area contributed by atoms with Gasteiger partial charge in [-0.05, 0) is 30.2 Å². The van der Waals surface area contributed by atoms with E-state index in [1.807, 2.05) is 120 Å². The van der Waals surface area contributed by atoms with Crippen LogP contribution >= 0.6 is 0 Å². The fraction of sp³-hybridized carbons (Fsp3) is 0.303. The number of nitrogens with zero attached hydrogens (tertiary/aromatic N) is 2. The Morgan fingerprint density at radius 2 is 1.72 bits per heavy atom. The first-order valence-electron chi connectivity index (χ1n) is 13.4. The number of aromatic nitrogens is 1. The van der Waals surface area contributed by atoms with Gasteiger partial charge in [-0.3, -0.25) is 14.5 Å². The van der Waals surface area contributed by atoms with Crippen LogP contribution in [0.15, 0.2) is 83.8 Å². The predicted octanol–water partition coefficient (Wildman–Crippen LogP) is 7.79. The molecule has 0 spiro atoms. The standard InChI is InChI=1S/C20H20N2O2.C11H14O2.C2H6/c1-4-9-18-16(5-2)21-20(24-18)22-17(14(3)19(22)23)13-12-15-10-7-6-8-11-15;1-9(8-13-10(2)12)11-6-4-3-5-7-11;1-2/h4-14,17H,2H2,1,3H3;3-7,9H,8H2,1-2H3;1-2H3/b9-4-,13-12+;;/t14-,17+;9-;/m01./s1. The number of oxazole rings is 1. The van der Waals surface area contributed by atoms with E-state index in [4.69, 9.17) is 9.15 Å². The quantitative estimate of drug-likeness (QED) is 0.220. The third-order valence-corrected chi connectivity index (χ3v) is 6.02. The number of rotatable bonds is 8. The van der Waals surface area contributed by atoms with E-state index < -0.39 is 0 Å². The van der Waals surface area contributed by atoms with E-state index in [1.54, 1.807) is 11.0 Å². The molecule has 0 bridgehead atoms. The summed E-state index contributed by atoms with van der Waals surface area (Å²) in [5, 5.41) is 0. The Kier molecular flexibility index (Phi) is 12.7. The highest BCUT2D eigenvalue weighted by Gasteiger charge is 2.46. The second kappa shape index (κ2) is 15.9. The van der Waals surface area contributed by atoms with Crippen LogP contribution in [-0.2, 0) is 14.3 Å². The first kappa shape index (κ1) is 31.0. The third-order valence-electron chi connectivity index (χ3n) is 6.02. The van der Waals surface area contributed by atoms with Gasteiger partial charge in [-0.25, -0.2) is 0 Å². The van der Waals surface area contributed by atoms with Crippen LogP contribution in [0.25, 0.3) is 18.2 Å². The topological polar surface area (TPSA) is 72.6 Å². The average Bonchev–Trinajstić information content (AvgIpc) is 3.37. The Balaban J connectivity index is 0.000000301. The number of anilines is 1. The Labute approximate surface area is 232 Å². The number of ether oxygens (including phenoxy) is 1. The first-order valence-corrected chi connectivity index (χ1v) is 13.4. The molecule has 6 heteroatoms. The number of amides is 1. The molecule has 3 aromatic rings. The summed E-state index contributed by atoms with van der Waals surface area (Å²) in [5.41, 5.74) is 2.93. The maximum atomic E-state index is 12.3. The van der Waals surface area contributed by atoms with E-state index in [0.717, 1.165) is 5.56 Å². The molecule has 3 atom stereocenters. The number of benzene rings is 2. The van der Waals surface area contributed by atoms with Gasteiger partial charge in [0.2, 0.25) is 5.91 Å². The van der Waals surface area contributed by atoms with Gasteiger partial charge in [-0.2, -0.15) is 4.98 Å². The summed E-state index contributed by atoms with van der Waals surface area (Å²) >= 11 is 0. The van der Waals surface area contributed by atoms with Crippen molar-refractivity contribution in [2.24, 2.45) is 5.92 Å². The number of carbonyl (C=O) groups is 2. The molecule has 1 aliphatic rings. The second-order valence-corrected chi connectivity index (χ2v) is 8.82. The number of β-lactam (4-membered cyclic amide) rings is 1. The lowest BCUT2D eigenvalue weighted by atomic mass is 9.89. The Morgan fingerprint density at radius 1 is 1.10 bits per heavy atom. The van der Waals surface area contributed by atoms with Crippen molar-refractivity contribution in [2.45, 2.75) is 53.5 Å². The minimum absolute atomic E-state index is 0.0154. The van der Waals surface area contributed by atoms with Crippen LogP contribution in [0.1, 0.15) is 70.0 Å². The fourth-order valence-electron chi connectivity index (χ4n) is 3.87. The number of hydrogen-bond donors (Lipinski definition) is 0. The van der Waals surface area contributed by atoms with Crippen LogP contribution in [0.4, 0.5) is 6.01 Å². The van der Waals surface area contributed by atoms with Crippen LogP contribution in [-0.4, -0.2) is 29.5 Å². The molecule has 0 unspecified atom stereocenters. The van der Waals surface area contributed by atoms with Crippen molar-refractivity contribution in [3.63, 3.8) is 0 Å². The van der Waals surface area contributed by atoms with Crippen LogP contribution in [0.2, 0.25) is 0 Å². The second-order valence-electron chi connectivity index (χ2n) is 8.82. The van der Waals surface area contributed by atoms with Gasteiger partial charge >= 0.3 is 12.0 Å². The fourth-order valence-corrected chi connectivity index (χ4v) is 3.87. The zero-order valence-corrected chi connectivity index (χ0v) is 23.8. The molecule has 1 fully saturated rings. The van der Waals surface area contributed by atoms with Crippen LogP contribution < -0.4 is 4.90 Å². The van der Waals surface area contributed by atoms with Crippen molar-refractivity contribution in [3.8, 4) is 0 Å². The van der Waals surface area contributed by atoms with E-state index in [0.29, 0.717) is 24.1 Å². The van der Waals surface area contributed by atoms with E-state index in [9.17, 15) is 9.59 Å². The molecule has 2 aromatic carbocycles. The maximum absolute atomic E-state index is 12.3. The smallest absolute Gasteiger partial charge is 0.305 e. The highest BCUT2D eigenvalue weighted by Crippen LogP contribution is 2.34. The van der Waals surface area contributed by atoms with Gasteiger partial charge in [0.1, 0.15) is 5.69 Å². The normalized spacial score (nSPS) is 17.0. The zero-order chi connectivity index (χ0) is 28.8. The van der Waals surface area contributed by atoms with Gasteiger partial charge < -0.3 is 9.15 Å².